The zero-order valence-electron chi connectivity index (χ0n) is 17.1. The second kappa shape index (κ2) is 8.15. The average molecular weight is 411 g/mol. The second-order valence-electron chi connectivity index (χ2n) is 7.17. The lowest BCUT2D eigenvalue weighted by Gasteiger charge is -2.12. The van der Waals surface area contributed by atoms with Crippen molar-refractivity contribution in [2.75, 3.05) is 5.32 Å². The van der Waals surface area contributed by atoms with Gasteiger partial charge in [-0.2, -0.15) is 10.1 Å². The molecule has 1 N–H and O–H groups in total. The Balaban J connectivity index is 1.62. The van der Waals surface area contributed by atoms with Crippen LogP contribution in [0.15, 0.2) is 35.0 Å². The second-order valence-corrected chi connectivity index (χ2v) is 7.17. The van der Waals surface area contributed by atoms with Gasteiger partial charge in [-0.1, -0.05) is 11.2 Å². The topological polar surface area (TPSA) is 104 Å². The van der Waals surface area contributed by atoms with Crippen LogP contribution in [0.2, 0.25) is 0 Å². The summed E-state index contributed by atoms with van der Waals surface area (Å²) < 4.78 is 26.0. The first-order valence-electron chi connectivity index (χ1n) is 9.59. The number of hydrogen-bond donors (Lipinski definition) is 1. The molecule has 10 heteroatoms. The predicted molar refractivity (Wildman–Crippen MR) is 108 cm³/mol. The van der Waals surface area contributed by atoms with E-state index < -0.39 is 0 Å². The molecule has 0 fully saturated rings. The lowest BCUT2D eigenvalue weighted by molar-refractivity contribution is 0.0485. The molecule has 9 nitrogen and oxygen atoms in total. The van der Waals surface area contributed by atoms with Crippen LogP contribution in [0.25, 0.3) is 16.7 Å². The highest BCUT2D eigenvalue weighted by molar-refractivity contribution is 5.87. The molecule has 0 aliphatic heterocycles. The number of nitrogens with zero attached hydrogens (tertiary/aromatic N) is 6. The maximum atomic E-state index is 13.7. The van der Waals surface area contributed by atoms with E-state index >= 15 is 0 Å². The summed E-state index contributed by atoms with van der Waals surface area (Å²) in [7, 11) is 0. The molecule has 1 atom stereocenters. The summed E-state index contributed by atoms with van der Waals surface area (Å²) in [5, 5.41) is 12.4. The van der Waals surface area contributed by atoms with Gasteiger partial charge in [-0.05, 0) is 45.9 Å². The van der Waals surface area contributed by atoms with Crippen LogP contribution in [0.4, 0.5) is 10.2 Å². The van der Waals surface area contributed by atoms with E-state index in [1.807, 2.05) is 20.8 Å². The van der Waals surface area contributed by atoms with Crippen LogP contribution in [0, 0.1) is 12.7 Å². The zero-order valence-corrected chi connectivity index (χ0v) is 17.1. The summed E-state index contributed by atoms with van der Waals surface area (Å²) in [4.78, 5) is 13.4. The molecule has 1 aromatic carbocycles. The minimum Gasteiger partial charge on any atom is -0.369 e. The van der Waals surface area contributed by atoms with Crippen LogP contribution >= 0.6 is 0 Å². The van der Waals surface area contributed by atoms with Crippen molar-refractivity contribution in [1.82, 2.24) is 29.9 Å². The van der Waals surface area contributed by atoms with Crippen molar-refractivity contribution in [2.24, 2.45) is 0 Å². The van der Waals surface area contributed by atoms with E-state index in [9.17, 15) is 4.39 Å². The molecule has 4 aromatic rings. The fourth-order valence-corrected chi connectivity index (χ4v) is 2.93. The number of halogens is 1. The smallest absolute Gasteiger partial charge is 0.252 e. The van der Waals surface area contributed by atoms with E-state index in [2.05, 4.69) is 30.5 Å². The Morgan fingerprint density at radius 1 is 1.20 bits per heavy atom. The van der Waals surface area contributed by atoms with Crippen LogP contribution in [0.3, 0.4) is 0 Å². The van der Waals surface area contributed by atoms with Crippen molar-refractivity contribution in [1.29, 1.82) is 0 Å². The van der Waals surface area contributed by atoms with Gasteiger partial charge in [0.05, 0.1) is 29.4 Å². The van der Waals surface area contributed by atoms with E-state index in [-0.39, 0.29) is 24.6 Å². The number of benzene rings is 1. The molecule has 0 saturated heterocycles. The van der Waals surface area contributed by atoms with Gasteiger partial charge in [0.15, 0.2) is 11.5 Å². The molecule has 3 aromatic heterocycles. The van der Waals surface area contributed by atoms with Gasteiger partial charge in [0, 0.05) is 0 Å². The molecule has 0 spiro atoms. The minimum absolute atomic E-state index is 0.0720. The molecule has 0 bridgehead atoms. The summed E-state index contributed by atoms with van der Waals surface area (Å²) in [5.74, 6) is 1.68. The van der Waals surface area contributed by atoms with E-state index in [0.717, 1.165) is 0 Å². The van der Waals surface area contributed by atoms with Crippen LogP contribution in [-0.4, -0.2) is 36.0 Å². The molecule has 30 heavy (non-hydrogen) atoms. The van der Waals surface area contributed by atoms with Gasteiger partial charge < -0.3 is 14.6 Å². The number of hydrogen-bond acceptors (Lipinski definition) is 8. The van der Waals surface area contributed by atoms with Crippen LogP contribution in [0.5, 0.6) is 0 Å². The standard InChI is InChI=1S/C20H22FN7O2/c1-11(2)29-10-17-26-18(27-30-17)12(3)23-19-16-9-22-28(20(16)25-13(4)24-19)15-7-5-6-14(21)8-15/h5-9,11-12H,10H2,1-4H3,(H,23,24,25). The van der Waals surface area contributed by atoms with Crippen molar-refractivity contribution < 1.29 is 13.7 Å². The Morgan fingerprint density at radius 2 is 2.03 bits per heavy atom. The zero-order chi connectivity index (χ0) is 21.3. The Labute approximate surface area is 172 Å². The Morgan fingerprint density at radius 3 is 2.80 bits per heavy atom. The molecule has 3 heterocycles. The molecule has 4 rings (SSSR count). The van der Waals surface area contributed by atoms with Gasteiger partial charge in [0.25, 0.3) is 5.89 Å². The molecular formula is C20H22FN7O2. The number of fused-ring (bicyclic) bond motifs is 1. The highest BCUT2D eigenvalue weighted by atomic mass is 19.1. The maximum absolute atomic E-state index is 13.7. The monoisotopic (exact) mass is 411 g/mol. The van der Waals surface area contributed by atoms with E-state index in [0.29, 0.717) is 40.1 Å². The Hall–Kier alpha value is -3.40. The van der Waals surface area contributed by atoms with Crippen molar-refractivity contribution >= 4 is 16.9 Å². The third kappa shape index (κ3) is 4.13. The molecular weight excluding hydrogens is 389 g/mol. The van der Waals surface area contributed by atoms with Crippen LogP contribution in [0.1, 0.15) is 44.4 Å². The summed E-state index contributed by atoms with van der Waals surface area (Å²) in [6, 6.07) is 5.90. The third-order valence-electron chi connectivity index (χ3n) is 4.36. The van der Waals surface area contributed by atoms with Crippen molar-refractivity contribution in [2.45, 2.75) is 46.4 Å². The molecule has 0 saturated carbocycles. The van der Waals surface area contributed by atoms with E-state index in [4.69, 9.17) is 9.26 Å². The third-order valence-corrected chi connectivity index (χ3v) is 4.36. The first-order chi connectivity index (χ1) is 14.4. The minimum atomic E-state index is -0.344. The van der Waals surface area contributed by atoms with Crippen molar-refractivity contribution in [3.05, 3.63) is 53.8 Å². The molecule has 156 valence electrons. The van der Waals surface area contributed by atoms with Crippen LogP contribution < -0.4 is 5.32 Å². The summed E-state index contributed by atoms with van der Waals surface area (Å²) >= 11 is 0. The number of rotatable bonds is 7. The van der Waals surface area contributed by atoms with Gasteiger partial charge in [0.2, 0.25) is 0 Å². The highest BCUT2D eigenvalue weighted by Gasteiger charge is 2.18. The van der Waals surface area contributed by atoms with Gasteiger partial charge in [0.1, 0.15) is 24.1 Å². The SMILES string of the molecule is Cc1nc(NC(C)c2noc(COC(C)C)n2)c2cnn(-c3cccc(F)c3)c2n1. The van der Waals surface area contributed by atoms with Gasteiger partial charge in [-0.25, -0.2) is 19.0 Å². The van der Waals surface area contributed by atoms with Gasteiger partial charge >= 0.3 is 0 Å². The Bertz CT molecular complexity index is 1170. The number of aromatic nitrogens is 6. The number of aryl methyl sites for hydroxylation is 1. The van der Waals surface area contributed by atoms with E-state index in [1.165, 1.54) is 12.1 Å². The molecule has 0 amide bonds. The lowest BCUT2D eigenvalue weighted by Crippen LogP contribution is -2.11. The van der Waals surface area contributed by atoms with Crippen molar-refractivity contribution in [3.8, 4) is 5.69 Å². The summed E-state index contributed by atoms with van der Waals surface area (Å²) in [6.07, 6.45) is 1.72. The molecule has 0 aliphatic rings. The normalized spacial score (nSPS) is 12.6. The predicted octanol–water partition coefficient (Wildman–Crippen LogP) is 3.74. The largest absolute Gasteiger partial charge is 0.369 e. The summed E-state index contributed by atoms with van der Waals surface area (Å²) in [6.45, 7) is 7.82. The van der Waals surface area contributed by atoms with E-state index in [1.54, 1.807) is 29.9 Å². The lowest BCUT2D eigenvalue weighted by atomic mass is 10.3. The van der Waals surface area contributed by atoms with Crippen LogP contribution in [-0.2, 0) is 11.3 Å². The quantitative estimate of drug-likeness (QED) is 0.490. The number of anilines is 1. The van der Waals surface area contributed by atoms with Crippen molar-refractivity contribution in [3.63, 3.8) is 0 Å². The van der Waals surface area contributed by atoms with Gasteiger partial charge in [-0.15, -0.1) is 0 Å². The molecule has 0 radical (unpaired) electrons. The first kappa shape index (κ1) is 19.9. The Kier molecular flexibility index (Phi) is 5.40. The fraction of sp³-hybridized carbons (Fsp3) is 0.350. The maximum Gasteiger partial charge on any atom is 0.252 e. The number of ether oxygens (including phenoxy) is 1. The summed E-state index contributed by atoms with van der Waals surface area (Å²) in [5.41, 5.74) is 1.15. The fourth-order valence-electron chi connectivity index (χ4n) is 2.93. The average Bonchev–Trinajstić information content (AvgIpc) is 3.33. The molecule has 1 unspecified atom stereocenters. The number of nitrogens with one attached hydrogen (secondary N) is 1. The van der Waals surface area contributed by atoms with Gasteiger partial charge in [-0.3, -0.25) is 0 Å². The first-order valence-corrected chi connectivity index (χ1v) is 9.59. The highest BCUT2D eigenvalue weighted by Crippen LogP contribution is 2.26. The molecule has 0 aliphatic carbocycles.